The fourth-order valence-electron chi connectivity index (χ4n) is 4.59. The van der Waals surface area contributed by atoms with E-state index >= 15 is 0 Å². The lowest BCUT2D eigenvalue weighted by Crippen LogP contribution is -2.43. The van der Waals surface area contributed by atoms with E-state index in [1.807, 2.05) is 42.5 Å². The van der Waals surface area contributed by atoms with Gasteiger partial charge in [0.25, 0.3) is 0 Å². The SMILES string of the molecule is N[C@H](COCc1ccccc1)C(=O)Nc1cccc(-c2ccc([C@@]3(CC(=O)NO)CCCCS3(=O)=O)s2)c1. The third kappa shape index (κ3) is 6.30. The first-order valence-corrected chi connectivity index (χ1v) is 14.7. The Bertz CT molecular complexity index is 1380. The lowest BCUT2D eigenvalue weighted by molar-refractivity contribution is -0.130. The first kappa shape index (κ1) is 27.9. The summed E-state index contributed by atoms with van der Waals surface area (Å²) in [6, 6.07) is 19.5. The zero-order chi connectivity index (χ0) is 27.2. The van der Waals surface area contributed by atoms with E-state index in [0.717, 1.165) is 16.0 Å². The minimum absolute atomic E-state index is 0.00419. The van der Waals surface area contributed by atoms with Crippen LogP contribution in [0.3, 0.4) is 0 Å². The molecule has 0 unspecified atom stereocenters. The van der Waals surface area contributed by atoms with Gasteiger partial charge >= 0.3 is 0 Å². The molecule has 0 saturated carbocycles. The van der Waals surface area contributed by atoms with E-state index < -0.39 is 26.5 Å². The molecule has 2 atom stereocenters. The smallest absolute Gasteiger partial charge is 0.245 e. The van der Waals surface area contributed by atoms with E-state index in [1.54, 1.807) is 29.7 Å². The van der Waals surface area contributed by atoms with Gasteiger partial charge in [-0.2, -0.15) is 0 Å². The van der Waals surface area contributed by atoms with Crippen molar-refractivity contribution in [3.63, 3.8) is 0 Å². The number of anilines is 1. The Balaban J connectivity index is 1.46. The van der Waals surface area contributed by atoms with Gasteiger partial charge in [-0.05, 0) is 48.2 Å². The van der Waals surface area contributed by atoms with Crippen molar-refractivity contribution in [2.24, 2.45) is 5.73 Å². The molecule has 9 nitrogen and oxygen atoms in total. The summed E-state index contributed by atoms with van der Waals surface area (Å²) in [6.07, 6.45) is 1.18. The third-order valence-electron chi connectivity index (χ3n) is 6.63. The van der Waals surface area contributed by atoms with E-state index in [2.05, 4.69) is 5.32 Å². The summed E-state index contributed by atoms with van der Waals surface area (Å²) < 4.78 is 30.5. The van der Waals surface area contributed by atoms with Crippen LogP contribution in [0.5, 0.6) is 0 Å². The second-order valence-corrected chi connectivity index (χ2v) is 12.8. The van der Waals surface area contributed by atoms with Crippen LogP contribution in [-0.4, -0.2) is 43.8 Å². The maximum Gasteiger partial charge on any atom is 0.245 e. The molecule has 1 aromatic heterocycles. The molecule has 1 aliphatic heterocycles. The van der Waals surface area contributed by atoms with Crippen molar-refractivity contribution in [1.29, 1.82) is 0 Å². The monoisotopic (exact) mass is 557 g/mol. The number of amides is 2. The molecular weight excluding hydrogens is 526 g/mol. The minimum atomic E-state index is -3.62. The predicted molar refractivity (Wildman–Crippen MR) is 146 cm³/mol. The summed E-state index contributed by atoms with van der Waals surface area (Å²) in [7, 11) is -3.62. The van der Waals surface area contributed by atoms with Crippen LogP contribution in [0.25, 0.3) is 10.4 Å². The van der Waals surface area contributed by atoms with Crippen LogP contribution in [0.2, 0.25) is 0 Å². The van der Waals surface area contributed by atoms with Crippen molar-refractivity contribution < 1.29 is 28.0 Å². The summed E-state index contributed by atoms with van der Waals surface area (Å²) in [5.41, 5.74) is 9.91. The van der Waals surface area contributed by atoms with E-state index in [-0.39, 0.29) is 24.7 Å². The quantitative estimate of drug-likeness (QED) is 0.220. The van der Waals surface area contributed by atoms with Crippen LogP contribution in [0.1, 0.15) is 36.1 Å². The lowest BCUT2D eigenvalue weighted by atomic mass is 9.94. The number of benzene rings is 2. The van der Waals surface area contributed by atoms with Gasteiger partial charge in [0.15, 0.2) is 9.84 Å². The van der Waals surface area contributed by atoms with Gasteiger partial charge in [-0.25, -0.2) is 13.9 Å². The van der Waals surface area contributed by atoms with Crippen LogP contribution in [0.15, 0.2) is 66.7 Å². The number of rotatable bonds is 10. The number of hydrogen-bond donors (Lipinski definition) is 4. The largest absolute Gasteiger partial charge is 0.375 e. The van der Waals surface area contributed by atoms with Gasteiger partial charge < -0.3 is 15.8 Å². The number of carbonyl (C=O) groups excluding carboxylic acids is 2. The molecule has 2 aromatic carbocycles. The van der Waals surface area contributed by atoms with Gasteiger partial charge in [0.2, 0.25) is 11.8 Å². The highest BCUT2D eigenvalue weighted by atomic mass is 32.2. The summed E-state index contributed by atoms with van der Waals surface area (Å²) in [6.45, 7) is 0.419. The van der Waals surface area contributed by atoms with Crippen LogP contribution >= 0.6 is 11.3 Å². The van der Waals surface area contributed by atoms with Gasteiger partial charge in [-0.3, -0.25) is 14.8 Å². The summed E-state index contributed by atoms with van der Waals surface area (Å²) in [5.74, 6) is -1.13. The summed E-state index contributed by atoms with van der Waals surface area (Å²) >= 11 is 1.29. The minimum Gasteiger partial charge on any atom is -0.375 e. The van der Waals surface area contributed by atoms with Gasteiger partial charge in [0.1, 0.15) is 10.8 Å². The Kier molecular flexibility index (Phi) is 8.95. The molecule has 38 heavy (non-hydrogen) atoms. The van der Waals surface area contributed by atoms with Gasteiger partial charge in [-0.1, -0.05) is 48.9 Å². The highest BCUT2D eigenvalue weighted by molar-refractivity contribution is 7.92. The molecule has 0 radical (unpaired) electrons. The van der Waals surface area contributed by atoms with Crippen molar-refractivity contribution in [1.82, 2.24) is 5.48 Å². The standard InChI is InChI=1S/C27H31N3O6S2/c28-22(18-36-17-19-7-2-1-3-8-19)26(32)29-21-10-6-9-20(15-21)23-11-12-24(37-23)27(16-25(31)30-33)13-4-5-14-38(27,34)35/h1-3,6-12,15,22,33H,4-5,13-14,16-18,28H2,(H,29,32)(H,30,31)/t22-,27+/m1/s1. The molecular formula is C27H31N3O6S2. The van der Waals surface area contributed by atoms with Crippen molar-refractivity contribution in [2.45, 2.75) is 43.1 Å². The van der Waals surface area contributed by atoms with Crippen molar-refractivity contribution >= 4 is 38.7 Å². The zero-order valence-electron chi connectivity index (χ0n) is 20.8. The maximum absolute atomic E-state index is 13.2. The maximum atomic E-state index is 13.2. The van der Waals surface area contributed by atoms with Crippen molar-refractivity contribution in [2.75, 3.05) is 17.7 Å². The summed E-state index contributed by atoms with van der Waals surface area (Å²) in [4.78, 5) is 26.0. The van der Waals surface area contributed by atoms with Gasteiger partial charge in [-0.15, -0.1) is 11.3 Å². The molecule has 11 heteroatoms. The molecule has 1 aliphatic rings. The molecule has 0 bridgehead atoms. The zero-order valence-corrected chi connectivity index (χ0v) is 22.4. The first-order chi connectivity index (χ1) is 18.2. The predicted octanol–water partition coefficient (Wildman–Crippen LogP) is 3.59. The fourth-order valence-corrected chi connectivity index (χ4v) is 8.37. The Morgan fingerprint density at radius 3 is 2.61 bits per heavy atom. The van der Waals surface area contributed by atoms with Crippen LogP contribution in [0, 0.1) is 0 Å². The Hall–Kier alpha value is -3.09. The highest BCUT2D eigenvalue weighted by Crippen LogP contribution is 2.47. The van der Waals surface area contributed by atoms with Crippen LogP contribution < -0.4 is 16.5 Å². The number of sulfone groups is 1. The molecule has 4 rings (SSSR count). The van der Waals surface area contributed by atoms with E-state index in [0.29, 0.717) is 36.4 Å². The fraction of sp³-hybridized carbons (Fsp3) is 0.333. The molecule has 2 heterocycles. The van der Waals surface area contributed by atoms with Crippen molar-refractivity contribution in [3.8, 4) is 10.4 Å². The van der Waals surface area contributed by atoms with E-state index in [9.17, 15) is 18.0 Å². The Labute approximate surface area is 225 Å². The molecule has 0 spiro atoms. The number of nitrogens with two attached hydrogens (primary N) is 1. The van der Waals surface area contributed by atoms with Crippen LogP contribution in [0.4, 0.5) is 5.69 Å². The molecule has 2 amide bonds. The van der Waals surface area contributed by atoms with E-state index in [1.165, 1.54) is 11.3 Å². The number of carbonyl (C=O) groups is 2. The topological polar surface area (TPSA) is 148 Å². The molecule has 1 fully saturated rings. The molecule has 202 valence electrons. The number of hydrogen-bond acceptors (Lipinski definition) is 8. The Morgan fingerprint density at radius 1 is 1.08 bits per heavy atom. The summed E-state index contributed by atoms with van der Waals surface area (Å²) in [5, 5.41) is 11.9. The van der Waals surface area contributed by atoms with E-state index in [4.69, 9.17) is 15.7 Å². The number of ether oxygens (including phenoxy) is 1. The third-order valence-corrected chi connectivity index (χ3v) is 10.7. The second kappa shape index (κ2) is 12.2. The molecule has 5 N–H and O–H groups in total. The Morgan fingerprint density at radius 2 is 1.87 bits per heavy atom. The normalized spacial score (nSPS) is 19.4. The number of hydroxylamine groups is 1. The molecule has 0 aliphatic carbocycles. The van der Waals surface area contributed by atoms with Gasteiger partial charge in [0.05, 0.1) is 25.4 Å². The van der Waals surface area contributed by atoms with Crippen molar-refractivity contribution in [3.05, 3.63) is 77.2 Å². The average Bonchev–Trinajstić information content (AvgIpc) is 3.41. The highest BCUT2D eigenvalue weighted by Gasteiger charge is 2.49. The number of thiophene rings is 1. The number of nitrogens with one attached hydrogen (secondary N) is 2. The second-order valence-electron chi connectivity index (χ2n) is 9.32. The first-order valence-electron chi connectivity index (χ1n) is 12.3. The van der Waals surface area contributed by atoms with Gasteiger partial charge in [0, 0.05) is 15.4 Å². The van der Waals surface area contributed by atoms with Crippen LogP contribution in [-0.2, 0) is 35.5 Å². The molecule has 1 saturated heterocycles. The lowest BCUT2D eigenvalue weighted by Gasteiger charge is -2.35. The molecule has 3 aromatic rings. The average molecular weight is 558 g/mol.